The van der Waals surface area contributed by atoms with Gasteiger partial charge < -0.3 is 16.5 Å². The summed E-state index contributed by atoms with van der Waals surface area (Å²) in [6.07, 6.45) is 8.75. The van der Waals surface area contributed by atoms with Crippen LogP contribution in [0.5, 0.6) is 0 Å². The topological polar surface area (TPSA) is 61.9 Å². The largest absolute Gasteiger partial charge is 0.398 e. The predicted molar refractivity (Wildman–Crippen MR) is 117 cm³/mol. The number of aryl methyl sites for hydroxylation is 1. The Bertz CT molecular complexity index is 874. The fourth-order valence-corrected chi connectivity index (χ4v) is 2.80. The standard InChI is InChI=1S/C24H27N3/c1-4-5-7-15-23(26)22(17-25)19(3)24(20-12-8-6-9-13-20)27-21-14-10-11-18(2)16-21/h4-17,24-25,27H,3,26H2,1-2H3/b5-4-,15-7-,23-22+,25-17?. The number of hydrogen-bond donors (Lipinski definition) is 3. The summed E-state index contributed by atoms with van der Waals surface area (Å²) in [6.45, 7) is 8.27. The van der Waals surface area contributed by atoms with Crippen molar-refractivity contribution in [3.63, 3.8) is 0 Å². The van der Waals surface area contributed by atoms with Crippen molar-refractivity contribution >= 4 is 11.9 Å². The maximum atomic E-state index is 7.87. The monoisotopic (exact) mass is 357 g/mol. The molecule has 0 heterocycles. The van der Waals surface area contributed by atoms with E-state index in [2.05, 4.69) is 31.0 Å². The fourth-order valence-electron chi connectivity index (χ4n) is 2.80. The van der Waals surface area contributed by atoms with Gasteiger partial charge in [-0.3, -0.25) is 0 Å². The highest BCUT2D eigenvalue weighted by Crippen LogP contribution is 2.30. The molecular weight excluding hydrogens is 330 g/mol. The number of benzene rings is 2. The van der Waals surface area contributed by atoms with Crippen molar-refractivity contribution in [2.75, 3.05) is 5.32 Å². The smallest absolute Gasteiger partial charge is 0.0768 e. The Kier molecular flexibility index (Phi) is 7.38. The van der Waals surface area contributed by atoms with E-state index in [0.717, 1.165) is 16.8 Å². The lowest BCUT2D eigenvalue weighted by atomic mass is 9.92. The average molecular weight is 358 g/mol. The second-order valence-electron chi connectivity index (χ2n) is 6.28. The molecule has 27 heavy (non-hydrogen) atoms. The zero-order valence-corrected chi connectivity index (χ0v) is 15.9. The van der Waals surface area contributed by atoms with E-state index in [0.29, 0.717) is 11.3 Å². The summed E-state index contributed by atoms with van der Waals surface area (Å²) in [5.41, 5.74) is 11.3. The Morgan fingerprint density at radius 1 is 1.11 bits per heavy atom. The molecule has 0 aromatic heterocycles. The molecule has 2 aromatic carbocycles. The van der Waals surface area contributed by atoms with Crippen LogP contribution in [0.15, 0.2) is 102 Å². The quantitative estimate of drug-likeness (QED) is 0.419. The summed E-state index contributed by atoms with van der Waals surface area (Å²) < 4.78 is 0. The first-order valence-electron chi connectivity index (χ1n) is 8.93. The summed E-state index contributed by atoms with van der Waals surface area (Å²) in [5, 5.41) is 11.4. The lowest BCUT2D eigenvalue weighted by Gasteiger charge is -2.24. The summed E-state index contributed by atoms with van der Waals surface area (Å²) in [7, 11) is 0. The first-order chi connectivity index (χ1) is 13.1. The third-order valence-corrected chi connectivity index (χ3v) is 4.19. The minimum absolute atomic E-state index is 0.196. The number of nitrogens with two attached hydrogens (primary N) is 1. The van der Waals surface area contributed by atoms with E-state index in [9.17, 15) is 0 Å². The summed E-state index contributed by atoms with van der Waals surface area (Å²) in [4.78, 5) is 0. The molecule has 0 spiro atoms. The van der Waals surface area contributed by atoms with Crippen LogP contribution in [0.2, 0.25) is 0 Å². The first-order valence-corrected chi connectivity index (χ1v) is 8.93. The number of hydrogen-bond acceptors (Lipinski definition) is 3. The molecule has 3 nitrogen and oxygen atoms in total. The van der Waals surface area contributed by atoms with Crippen molar-refractivity contribution in [2.45, 2.75) is 19.9 Å². The molecule has 4 N–H and O–H groups in total. The van der Waals surface area contributed by atoms with Crippen LogP contribution < -0.4 is 11.1 Å². The van der Waals surface area contributed by atoms with Crippen molar-refractivity contribution in [1.82, 2.24) is 0 Å². The van der Waals surface area contributed by atoms with Crippen LogP contribution in [0.1, 0.15) is 24.1 Å². The van der Waals surface area contributed by atoms with E-state index in [1.165, 1.54) is 11.8 Å². The van der Waals surface area contributed by atoms with Crippen molar-refractivity contribution < 1.29 is 0 Å². The Balaban J connectivity index is 2.44. The molecule has 0 aliphatic rings. The van der Waals surface area contributed by atoms with Crippen LogP contribution in [0.4, 0.5) is 5.69 Å². The van der Waals surface area contributed by atoms with Crippen LogP contribution in [0, 0.1) is 12.3 Å². The van der Waals surface area contributed by atoms with Gasteiger partial charge in [0.1, 0.15) is 0 Å². The molecule has 0 saturated heterocycles. The molecule has 3 heteroatoms. The van der Waals surface area contributed by atoms with Crippen molar-refractivity contribution in [3.05, 3.63) is 113 Å². The third-order valence-electron chi connectivity index (χ3n) is 4.19. The lowest BCUT2D eigenvalue weighted by molar-refractivity contribution is 0.931. The highest BCUT2D eigenvalue weighted by Gasteiger charge is 2.19. The van der Waals surface area contributed by atoms with E-state index in [4.69, 9.17) is 11.1 Å². The van der Waals surface area contributed by atoms with Crippen molar-refractivity contribution in [1.29, 1.82) is 5.41 Å². The molecule has 2 aromatic rings. The molecule has 0 fully saturated rings. The van der Waals surface area contributed by atoms with E-state index in [1.807, 2.05) is 67.6 Å². The second kappa shape index (κ2) is 9.97. The number of rotatable bonds is 8. The SMILES string of the molecule is C=C(\C(C=N)=C(N)/C=C\C=C/C)C(Nc1cccc(C)c1)c1ccccc1. The Morgan fingerprint density at radius 3 is 2.48 bits per heavy atom. The first kappa shape index (κ1) is 20.0. The Labute approximate surface area is 162 Å². The van der Waals surface area contributed by atoms with Gasteiger partial charge in [0.05, 0.1) is 6.04 Å². The molecule has 0 saturated carbocycles. The van der Waals surface area contributed by atoms with E-state index in [1.54, 1.807) is 6.08 Å². The van der Waals surface area contributed by atoms with Gasteiger partial charge in [-0.05, 0) is 48.8 Å². The second-order valence-corrected chi connectivity index (χ2v) is 6.28. The van der Waals surface area contributed by atoms with Gasteiger partial charge in [0.25, 0.3) is 0 Å². The molecule has 0 amide bonds. The van der Waals surface area contributed by atoms with Crippen LogP contribution in [0.25, 0.3) is 0 Å². The van der Waals surface area contributed by atoms with Crippen LogP contribution in [0.3, 0.4) is 0 Å². The molecular formula is C24H27N3. The van der Waals surface area contributed by atoms with Gasteiger partial charge in [0.15, 0.2) is 0 Å². The molecule has 0 radical (unpaired) electrons. The average Bonchev–Trinajstić information content (AvgIpc) is 2.67. The van der Waals surface area contributed by atoms with Gasteiger partial charge in [-0.1, -0.05) is 67.3 Å². The third kappa shape index (κ3) is 5.58. The summed E-state index contributed by atoms with van der Waals surface area (Å²) in [5.74, 6) is 0. The highest BCUT2D eigenvalue weighted by molar-refractivity contribution is 5.85. The van der Waals surface area contributed by atoms with Crippen LogP contribution >= 0.6 is 0 Å². The molecule has 0 bridgehead atoms. The van der Waals surface area contributed by atoms with Gasteiger partial charge in [0, 0.05) is 23.2 Å². The number of nitrogens with one attached hydrogen (secondary N) is 2. The van der Waals surface area contributed by atoms with Gasteiger partial charge in [-0.2, -0.15) is 0 Å². The fraction of sp³-hybridized carbons (Fsp3) is 0.125. The summed E-state index contributed by atoms with van der Waals surface area (Å²) in [6, 6.07) is 18.1. The Hall–Kier alpha value is -3.33. The molecule has 0 aliphatic carbocycles. The maximum absolute atomic E-state index is 7.87. The maximum Gasteiger partial charge on any atom is 0.0768 e. The number of anilines is 1. The van der Waals surface area contributed by atoms with Crippen molar-refractivity contribution in [3.8, 4) is 0 Å². The van der Waals surface area contributed by atoms with Crippen LogP contribution in [-0.4, -0.2) is 6.21 Å². The molecule has 138 valence electrons. The zero-order valence-electron chi connectivity index (χ0n) is 15.9. The molecule has 2 rings (SSSR count). The van der Waals surface area contributed by atoms with E-state index >= 15 is 0 Å². The lowest BCUT2D eigenvalue weighted by Crippen LogP contribution is -2.17. The van der Waals surface area contributed by atoms with Gasteiger partial charge in [0.2, 0.25) is 0 Å². The number of allylic oxidation sites excluding steroid dienone is 4. The predicted octanol–water partition coefficient (Wildman–Crippen LogP) is 5.70. The molecule has 1 unspecified atom stereocenters. The Morgan fingerprint density at radius 2 is 1.85 bits per heavy atom. The molecule has 0 aliphatic heterocycles. The van der Waals surface area contributed by atoms with Crippen molar-refractivity contribution in [2.24, 2.45) is 5.73 Å². The van der Waals surface area contributed by atoms with Gasteiger partial charge >= 0.3 is 0 Å². The highest BCUT2D eigenvalue weighted by atomic mass is 14.9. The molecule has 1 atom stereocenters. The van der Waals surface area contributed by atoms with E-state index < -0.39 is 0 Å². The minimum Gasteiger partial charge on any atom is -0.398 e. The van der Waals surface area contributed by atoms with Gasteiger partial charge in [-0.25, -0.2) is 0 Å². The zero-order chi connectivity index (χ0) is 19.6. The van der Waals surface area contributed by atoms with Gasteiger partial charge in [-0.15, -0.1) is 0 Å². The van der Waals surface area contributed by atoms with E-state index in [-0.39, 0.29) is 6.04 Å². The summed E-state index contributed by atoms with van der Waals surface area (Å²) >= 11 is 0. The van der Waals surface area contributed by atoms with Crippen LogP contribution in [-0.2, 0) is 0 Å². The minimum atomic E-state index is -0.196. The normalized spacial score (nSPS) is 13.4.